The predicted octanol–water partition coefficient (Wildman–Crippen LogP) is 8.76. The number of fused-ring (bicyclic) bond motifs is 5. The van der Waals surface area contributed by atoms with Crippen LogP contribution in [0.25, 0.3) is 60.1 Å². The summed E-state index contributed by atoms with van der Waals surface area (Å²) in [6.07, 6.45) is 7.59. The van der Waals surface area contributed by atoms with Gasteiger partial charge in [0.15, 0.2) is 6.20 Å². The molecule has 0 N–H and O–H groups in total. The molecule has 1 aliphatic carbocycles. The Balaban J connectivity index is 1.64. The van der Waals surface area contributed by atoms with Crippen molar-refractivity contribution in [3.8, 4) is 11.1 Å². The molecule has 3 heterocycles. The third-order valence-electron chi connectivity index (χ3n) is 9.22. The van der Waals surface area contributed by atoms with E-state index in [1.54, 1.807) is 0 Å². The minimum Gasteiger partial charge on any atom is -0.307 e. The SMILES string of the molecule is Cc1cc2c3ccc(-c4ccccc4)cc3n3c4cc(C5CCCC5)cc5cc[n+](C)c(c(c1C)c23)c54. The highest BCUT2D eigenvalue weighted by Gasteiger charge is 2.26. The molecular weight excluding hydrogens is 448 g/mol. The highest BCUT2D eigenvalue weighted by atomic mass is 15.0. The summed E-state index contributed by atoms with van der Waals surface area (Å²) in [6.45, 7) is 4.57. The van der Waals surface area contributed by atoms with Crippen molar-refractivity contribution in [1.82, 2.24) is 4.40 Å². The van der Waals surface area contributed by atoms with Crippen LogP contribution in [0.15, 0.2) is 79.0 Å². The van der Waals surface area contributed by atoms with E-state index in [2.05, 4.69) is 109 Å². The van der Waals surface area contributed by atoms with Gasteiger partial charge in [0.05, 0.1) is 27.3 Å². The van der Waals surface area contributed by atoms with Crippen LogP contribution in [-0.2, 0) is 7.05 Å². The summed E-state index contributed by atoms with van der Waals surface area (Å²) in [5.41, 5.74) is 12.2. The molecule has 1 saturated carbocycles. The quantitative estimate of drug-likeness (QED) is 0.133. The van der Waals surface area contributed by atoms with Crippen molar-refractivity contribution >= 4 is 49.0 Å². The Labute approximate surface area is 217 Å². The number of nitrogens with zero attached hydrogens (tertiary/aromatic N) is 2. The van der Waals surface area contributed by atoms with Crippen LogP contribution in [0.3, 0.4) is 0 Å². The molecule has 0 bridgehead atoms. The van der Waals surface area contributed by atoms with Crippen LogP contribution in [0.4, 0.5) is 0 Å². The topological polar surface area (TPSA) is 8.29 Å². The standard InChI is InChI=1S/C35H31N2/c1-21-17-29-28-14-13-25(23-9-5-4-6-10-23)19-30(28)37-31-20-27(24-11-7-8-12-24)18-26-15-16-36(3)35(33(26)31)32(22(21)2)34(29)37/h4-6,9-10,13-20,24H,7-8,11-12H2,1-3H3/q+1. The smallest absolute Gasteiger partial charge is 0.224 e. The first-order chi connectivity index (χ1) is 18.1. The van der Waals surface area contributed by atoms with E-state index in [-0.39, 0.29) is 0 Å². The van der Waals surface area contributed by atoms with Crippen molar-refractivity contribution in [2.45, 2.75) is 45.4 Å². The molecule has 4 aromatic carbocycles. The van der Waals surface area contributed by atoms with Crippen molar-refractivity contribution in [1.29, 1.82) is 0 Å². The van der Waals surface area contributed by atoms with Gasteiger partial charge in [-0.15, -0.1) is 0 Å². The first-order valence-corrected chi connectivity index (χ1v) is 13.7. The molecule has 37 heavy (non-hydrogen) atoms. The molecule has 0 amide bonds. The van der Waals surface area contributed by atoms with Gasteiger partial charge >= 0.3 is 0 Å². The van der Waals surface area contributed by atoms with Crippen LogP contribution in [0.2, 0.25) is 0 Å². The Morgan fingerprint density at radius 1 is 0.757 bits per heavy atom. The van der Waals surface area contributed by atoms with E-state index in [0.29, 0.717) is 5.92 Å². The largest absolute Gasteiger partial charge is 0.307 e. The fourth-order valence-corrected chi connectivity index (χ4v) is 7.23. The first-order valence-electron chi connectivity index (χ1n) is 13.7. The molecule has 180 valence electrons. The van der Waals surface area contributed by atoms with Crippen LogP contribution in [-0.4, -0.2) is 4.40 Å². The van der Waals surface area contributed by atoms with E-state index in [1.807, 2.05) is 0 Å². The van der Waals surface area contributed by atoms with E-state index in [0.717, 1.165) is 0 Å². The first kappa shape index (κ1) is 21.2. The maximum absolute atomic E-state index is 2.60. The monoisotopic (exact) mass is 479 g/mol. The van der Waals surface area contributed by atoms with Gasteiger partial charge in [0.25, 0.3) is 0 Å². The Hall–Kier alpha value is -3.91. The molecule has 0 unspecified atom stereocenters. The molecule has 2 nitrogen and oxygen atoms in total. The summed E-state index contributed by atoms with van der Waals surface area (Å²) < 4.78 is 4.95. The lowest BCUT2D eigenvalue weighted by Gasteiger charge is -2.17. The molecule has 1 fully saturated rings. The Bertz CT molecular complexity index is 2000. The molecule has 0 spiro atoms. The van der Waals surface area contributed by atoms with E-state index in [4.69, 9.17) is 0 Å². The maximum atomic E-state index is 2.60. The summed E-state index contributed by atoms with van der Waals surface area (Å²) in [7, 11) is 2.21. The van der Waals surface area contributed by atoms with Crippen molar-refractivity contribution in [3.05, 3.63) is 95.7 Å². The minimum absolute atomic E-state index is 0.677. The van der Waals surface area contributed by atoms with Gasteiger partial charge < -0.3 is 4.40 Å². The summed E-state index contributed by atoms with van der Waals surface area (Å²) in [5.74, 6) is 0.677. The third-order valence-corrected chi connectivity index (χ3v) is 9.22. The number of pyridine rings is 2. The lowest BCUT2D eigenvalue weighted by Crippen LogP contribution is -2.29. The predicted molar refractivity (Wildman–Crippen MR) is 156 cm³/mol. The van der Waals surface area contributed by atoms with Gasteiger partial charge in [-0.1, -0.05) is 61.4 Å². The zero-order chi connectivity index (χ0) is 24.8. The van der Waals surface area contributed by atoms with Gasteiger partial charge in [-0.2, -0.15) is 0 Å². The molecule has 7 aromatic rings. The maximum Gasteiger partial charge on any atom is 0.224 e. The lowest BCUT2D eigenvalue weighted by molar-refractivity contribution is -0.643. The fourth-order valence-electron chi connectivity index (χ4n) is 7.23. The Morgan fingerprint density at radius 2 is 1.57 bits per heavy atom. The summed E-state index contributed by atoms with van der Waals surface area (Å²) in [4.78, 5) is 0. The molecule has 0 atom stereocenters. The zero-order valence-corrected chi connectivity index (χ0v) is 21.8. The van der Waals surface area contributed by atoms with Crippen LogP contribution >= 0.6 is 0 Å². The van der Waals surface area contributed by atoms with Crippen molar-refractivity contribution < 1.29 is 4.57 Å². The van der Waals surface area contributed by atoms with Gasteiger partial charge in [-0.05, 0) is 84.0 Å². The van der Waals surface area contributed by atoms with Gasteiger partial charge in [0, 0.05) is 16.8 Å². The number of aromatic nitrogens is 2. The highest BCUT2D eigenvalue weighted by molar-refractivity contribution is 6.26. The number of aryl methyl sites for hydroxylation is 3. The van der Waals surface area contributed by atoms with E-state index in [1.165, 1.54) is 102 Å². The van der Waals surface area contributed by atoms with Crippen molar-refractivity contribution in [3.63, 3.8) is 0 Å². The average molecular weight is 480 g/mol. The van der Waals surface area contributed by atoms with Gasteiger partial charge in [-0.3, -0.25) is 0 Å². The van der Waals surface area contributed by atoms with Crippen LogP contribution < -0.4 is 4.57 Å². The summed E-state index contributed by atoms with van der Waals surface area (Å²) in [6, 6.07) is 27.6. The van der Waals surface area contributed by atoms with Crippen molar-refractivity contribution in [2.24, 2.45) is 7.05 Å². The zero-order valence-electron chi connectivity index (χ0n) is 21.8. The minimum atomic E-state index is 0.677. The lowest BCUT2D eigenvalue weighted by atomic mass is 9.92. The second-order valence-corrected chi connectivity index (χ2v) is 11.3. The van der Waals surface area contributed by atoms with E-state index < -0.39 is 0 Å². The number of hydrogen-bond acceptors (Lipinski definition) is 0. The molecule has 0 aliphatic heterocycles. The molecule has 2 heteroatoms. The van der Waals surface area contributed by atoms with Crippen LogP contribution in [0.1, 0.15) is 48.3 Å². The van der Waals surface area contributed by atoms with Crippen LogP contribution in [0, 0.1) is 13.8 Å². The fraction of sp³-hybridized carbons (Fsp3) is 0.229. The number of benzene rings is 4. The second kappa shape index (κ2) is 7.55. The molecular formula is C35H31N2+. The summed E-state index contributed by atoms with van der Waals surface area (Å²) >= 11 is 0. The van der Waals surface area contributed by atoms with E-state index >= 15 is 0 Å². The molecule has 1 aliphatic rings. The molecule has 8 rings (SSSR count). The van der Waals surface area contributed by atoms with E-state index in [9.17, 15) is 0 Å². The Morgan fingerprint density at radius 3 is 2.38 bits per heavy atom. The molecule has 3 aromatic heterocycles. The molecule has 0 saturated heterocycles. The highest BCUT2D eigenvalue weighted by Crippen LogP contribution is 2.44. The van der Waals surface area contributed by atoms with Crippen LogP contribution in [0.5, 0.6) is 0 Å². The van der Waals surface area contributed by atoms with Gasteiger partial charge in [0.1, 0.15) is 7.05 Å². The van der Waals surface area contributed by atoms with Gasteiger partial charge in [-0.25, -0.2) is 4.57 Å². The third kappa shape index (κ3) is 2.84. The number of hydrogen-bond donors (Lipinski definition) is 0. The van der Waals surface area contributed by atoms with Gasteiger partial charge in [0.2, 0.25) is 5.52 Å². The normalized spacial score (nSPS) is 14.9. The second-order valence-electron chi connectivity index (χ2n) is 11.3. The average Bonchev–Trinajstić information content (AvgIpc) is 3.57. The Kier molecular flexibility index (Phi) is 4.33. The number of rotatable bonds is 2. The summed E-state index contributed by atoms with van der Waals surface area (Å²) in [5, 5.41) is 6.85. The van der Waals surface area contributed by atoms with Crippen molar-refractivity contribution in [2.75, 3.05) is 0 Å². The molecule has 0 radical (unpaired) electrons.